The number of benzene rings is 2. The predicted molar refractivity (Wildman–Crippen MR) is 90.1 cm³/mol. The standard InChI is InChI=1S/C17H13BrClNO3/c18-10-6-4-9(5-7-10)15(16(20)21)23-17(22)13-8-12-11(13)2-1-3-14(12)19/h1-7,13,15H,8H2,(H2,20,21). The van der Waals surface area contributed by atoms with Crippen molar-refractivity contribution in [1.82, 2.24) is 0 Å². The number of fused-ring (bicyclic) bond motifs is 1. The molecule has 0 heterocycles. The Morgan fingerprint density at radius 3 is 2.57 bits per heavy atom. The highest BCUT2D eigenvalue weighted by Gasteiger charge is 2.37. The summed E-state index contributed by atoms with van der Waals surface area (Å²) in [5.41, 5.74) is 7.73. The number of nitrogens with two attached hydrogens (primary N) is 1. The van der Waals surface area contributed by atoms with Crippen LogP contribution in [-0.4, -0.2) is 11.9 Å². The number of primary amides is 1. The van der Waals surface area contributed by atoms with Gasteiger partial charge in [0.05, 0.1) is 5.92 Å². The number of carbonyl (C=O) groups is 2. The maximum atomic E-state index is 12.4. The van der Waals surface area contributed by atoms with Crippen molar-refractivity contribution in [2.75, 3.05) is 0 Å². The maximum absolute atomic E-state index is 12.4. The minimum atomic E-state index is -1.10. The number of rotatable bonds is 4. The van der Waals surface area contributed by atoms with Crippen molar-refractivity contribution in [1.29, 1.82) is 0 Å². The van der Waals surface area contributed by atoms with Gasteiger partial charge in [0.25, 0.3) is 5.91 Å². The summed E-state index contributed by atoms with van der Waals surface area (Å²) in [5.74, 6) is -1.57. The van der Waals surface area contributed by atoms with Crippen LogP contribution in [0.4, 0.5) is 0 Å². The Balaban J connectivity index is 1.78. The van der Waals surface area contributed by atoms with Gasteiger partial charge in [-0.1, -0.05) is 51.8 Å². The third-order valence-electron chi connectivity index (χ3n) is 3.89. The van der Waals surface area contributed by atoms with E-state index in [1.165, 1.54) is 0 Å². The third-order valence-corrected chi connectivity index (χ3v) is 4.77. The molecule has 2 N–H and O–H groups in total. The zero-order chi connectivity index (χ0) is 16.6. The van der Waals surface area contributed by atoms with Crippen molar-refractivity contribution >= 4 is 39.4 Å². The molecule has 2 aromatic rings. The molecule has 1 amide bonds. The molecule has 0 saturated carbocycles. The Morgan fingerprint density at radius 1 is 1.22 bits per heavy atom. The van der Waals surface area contributed by atoms with E-state index in [0.717, 1.165) is 15.6 Å². The van der Waals surface area contributed by atoms with Crippen LogP contribution in [0.3, 0.4) is 0 Å². The SMILES string of the molecule is NC(=O)C(OC(=O)C1Cc2c(Cl)cccc21)c1ccc(Br)cc1. The van der Waals surface area contributed by atoms with Gasteiger partial charge in [0.1, 0.15) is 0 Å². The van der Waals surface area contributed by atoms with Gasteiger partial charge in [0.2, 0.25) is 6.10 Å². The first kappa shape index (κ1) is 16.0. The van der Waals surface area contributed by atoms with Crippen molar-refractivity contribution in [2.45, 2.75) is 18.4 Å². The second-order valence-electron chi connectivity index (χ2n) is 5.34. The molecule has 6 heteroatoms. The van der Waals surface area contributed by atoms with Gasteiger partial charge >= 0.3 is 5.97 Å². The summed E-state index contributed by atoms with van der Waals surface area (Å²) in [5, 5.41) is 0.644. The quantitative estimate of drug-likeness (QED) is 0.807. The van der Waals surface area contributed by atoms with Gasteiger partial charge in [-0.3, -0.25) is 9.59 Å². The molecule has 0 saturated heterocycles. The van der Waals surface area contributed by atoms with Gasteiger partial charge in [-0.15, -0.1) is 0 Å². The molecule has 118 valence electrons. The molecule has 0 spiro atoms. The molecule has 0 fully saturated rings. The fourth-order valence-corrected chi connectivity index (χ4v) is 3.16. The Morgan fingerprint density at radius 2 is 1.91 bits per heavy atom. The molecule has 3 rings (SSSR count). The highest BCUT2D eigenvalue weighted by molar-refractivity contribution is 9.10. The smallest absolute Gasteiger partial charge is 0.314 e. The molecule has 0 aromatic heterocycles. The molecular weight excluding hydrogens is 382 g/mol. The first-order valence-corrected chi connectivity index (χ1v) is 8.17. The summed E-state index contributed by atoms with van der Waals surface area (Å²) >= 11 is 9.39. The Bertz CT molecular complexity index is 776. The van der Waals surface area contributed by atoms with Crippen molar-refractivity contribution in [3.05, 3.63) is 68.7 Å². The van der Waals surface area contributed by atoms with E-state index in [4.69, 9.17) is 22.1 Å². The topological polar surface area (TPSA) is 69.4 Å². The number of hydrogen-bond donors (Lipinski definition) is 1. The van der Waals surface area contributed by atoms with E-state index >= 15 is 0 Å². The summed E-state index contributed by atoms with van der Waals surface area (Å²) in [4.78, 5) is 24.0. The van der Waals surface area contributed by atoms with Crippen molar-refractivity contribution in [3.63, 3.8) is 0 Å². The molecule has 1 aliphatic carbocycles. The number of hydrogen-bond acceptors (Lipinski definition) is 3. The molecule has 0 aliphatic heterocycles. The molecular formula is C17H13BrClNO3. The summed E-state index contributed by atoms with van der Waals surface area (Å²) in [6, 6.07) is 12.3. The summed E-state index contributed by atoms with van der Waals surface area (Å²) in [6.45, 7) is 0. The van der Waals surface area contributed by atoms with Gasteiger partial charge in [-0.25, -0.2) is 0 Å². The van der Waals surface area contributed by atoms with Crippen molar-refractivity contribution in [3.8, 4) is 0 Å². The summed E-state index contributed by atoms with van der Waals surface area (Å²) < 4.78 is 6.23. The Labute approximate surface area is 146 Å². The lowest BCUT2D eigenvalue weighted by Crippen LogP contribution is -2.32. The Kier molecular flexibility index (Phi) is 4.41. The summed E-state index contributed by atoms with van der Waals surface area (Å²) in [6.07, 6.45) is -0.585. The molecule has 2 atom stereocenters. The van der Waals surface area contributed by atoms with E-state index in [-0.39, 0.29) is 0 Å². The van der Waals surface area contributed by atoms with Crippen molar-refractivity contribution in [2.24, 2.45) is 5.73 Å². The zero-order valence-corrected chi connectivity index (χ0v) is 14.3. The van der Waals surface area contributed by atoms with Crippen LogP contribution >= 0.6 is 27.5 Å². The van der Waals surface area contributed by atoms with Gasteiger partial charge in [-0.05, 0) is 35.7 Å². The number of carbonyl (C=O) groups excluding carboxylic acids is 2. The van der Waals surface area contributed by atoms with E-state index in [1.807, 2.05) is 6.07 Å². The van der Waals surface area contributed by atoms with E-state index in [1.54, 1.807) is 36.4 Å². The van der Waals surface area contributed by atoms with E-state index in [9.17, 15) is 9.59 Å². The van der Waals surface area contributed by atoms with Crippen LogP contribution < -0.4 is 5.73 Å². The average Bonchev–Trinajstić information content (AvgIpc) is 2.48. The third kappa shape index (κ3) is 3.12. The number of esters is 1. The zero-order valence-electron chi connectivity index (χ0n) is 12.0. The molecule has 2 aromatic carbocycles. The van der Waals surface area contributed by atoms with Crippen LogP contribution in [0.2, 0.25) is 5.02 Å². The number of amides is 1. The van der Waals surface area contributed by atoms with Crippen LogP contribution in [-0.2, 0) is 20.7 Å². The first-order chi connectivity index (χ1) is 11.0. The van der Waals surface area contributed by atoms with Gasteiger partial charge in [0, 0.05) is 15.1 Å². The lowest BCUT2D eigenvalue weighted by molar-refractivity contribution is -0.157. The summed E-state index contributed by atoms with van der Waals surface area (Å²) in [7, 11) is 0. The minimum absolute atomic E-state index is 0.402. The van der Waals surface area contributed by atoms with Gasteiger partial charge < -0.3 is 10.5 Å². The monoisotopic (exact) mass is 393 g/mol. The van der Waals surface area contributed by atoms with Crippen LogP contribution in [0.25, 0.3) is 0 Å². The molecule has 4 nitrogen and oxygen atoms in total. The normalized spacial score (nSPS) is 16.9. The molecule has 1 aliphatic rings. The fraction of sp³-hybridized carbons (Fsp3) is 0.176. The number of ether oxygens (including phenoxy) is 1. The predicted octanol–water partition coefficient (Wildman–Crippen LogP) is 3.51. The molecule has 23 heavy (non-hydrogen) atoms. The van der Waals surface area contributed by atoms with Crippen LogP contribution in [0.1, 0.15) is 28.7 Å². The van der Waals surface area contributed by atoms with E-state index in [2.05, 4.69) is 15.9 Å². The second kappa shape index (κ2) is 6.34. The van der Waals surface area contributed by atoms with E-state index in [0.29, 0.717) is 17.0 Å². The largest absolute Gasteiger partial charge is 0.447 e. The average molecular weight is 395 g/mol. The molecule has 0 bridgehead atoms. The number of halogens is 2. The molecule has 2 unspecified atom stereocenters. The fourth-order valence-electron chi connectivity index (χ4n) is 2.64. The van der Waals surface area contributed by atoms with Gasteiger partial charge in [0.15, 0.2) is 0 Å². The Hall–Kier alpha value is -1.85. The lowest BCUT2D eigenvalue weighted by atomic mass is 9.77. The van der Waals surface area contributed by atoms with E-state index < -0.39 is 23.9 Å². The van der Waals surface area contributed by atoms with Gasteiger partial charge in [-0.2, -0.15) is 0 Å². The lowest BCUT2D eigenvalue weighted by Gasteiger charge is -2.30. The van der Waals surface area contributed by atoms with Crippen LogP contribution in [0.15, 0.2) is 46.9 Å². The second-order valence-corrected chi connectivity index (χ2v) is 6.66. The molecule has 0 radical (unpaired) electrons. The highest BCUT2D eigenvalue weighted by atomic mass is 79.9. The van der Waals surface area contributed by atoms with Crippen LogP contribution in [0.5, 0.6) is 0 Å². The minimum Gasteiger partial charge on any atom is -0.447 e. The van der Waals surface area contributed by atoms with Crippen molar-refractivity contribution < 1.29 is 14.3 Å². The maximum Gasteiger partial charge on any atom is 0.314 e. The first-order valence-electron chi connectivity index (χ1n) is 7.00. The van der Waals surface area contributed by atoms with Crippen LogP contribution in [0, 0.1) is 0 Å². The highest BCUT2D eigenvalue weighted by Crippen LogP contribution is 2.40.